The highest BCUT2D eigenvalue weighted by molar-refractivity contribution is 4.95. The van der Waals surface area contributed by atoms with Gasteiger partial charge in [0.1, 0.15) is 0 Å². The summed E-state index contributed by atoms with van der Waals surface area (Å²) in [5, 5.41) is 3.74. The molecule has 0 spiro atoms. The molecule has 3 unspecified atom stereocenters. The third-order valence-electron chi connectivity index (χ3n) is 5.11. The highest BCUT2D eigenvalue weighted by Gasteiger charge is 2.39. The molecular formula is C16H30N2O2. The fraction of sp³-hybridized carbons (Fsp3) is 1.00. The minimum absolute atomic E-state index is 0.298. The van der Waals surface area contributed by atoms with Crippen LogP contribution in [0.1, 0.15) is 45.4 Å². The molecule has 0 aromatic heterocycles. The Morgan fingerprint density at radius 2 is 1.95 bits per heavy atom. The Kier molecular flexibility index (Phi) is 5.32. The maximum Gasteiger partial charge on any atom is 0.0936 e. The van der Waals surface area contributed by atoms with Gasteiger partial charge >= 0.3 is 0 Å². The summed E-state index contributed by atoms with van der Waals surface area (Å²) in [5.74, 6) is 0. The summed E-state index contributed by atoms with van der Waals surface area (Å²) in [6.45, 7) is 6.83. The summed E-state index contributed by atoms with van der Waals surface area (Å²) in [7, 11) is 0. The van der Waals surface area contributed by atoms with Gasteiger partial charge in [-0.15, -0.1) is 0 Å². The van der Waals surface area contributed by atoms with E-state index in [9.17, 15) is 0 Å². The first-order valence-corrected chi connectivity index (χ1v) is 8.55. The molecule has 3 rings (SSSR count). The minimum Gasteiger partial charge on any atom is -0.376 e. The van der Waals surface area contributed by atoms with Gasteiger partial charge in [0.05, 0.1) is 25.9 Å². The van der Waals surface area contributed by atoms with E-state index < -0.39 is 0 Å². The van der Waals surface area contributed by atoms with Crippen molar-refractivity contribution in [2.24, 2.45) is 0 Å². The highest BCUT2D eigenvalue weighted by Crippen LogP contribution is 2.34. The van der Waals surface area contributed by atoms with Crippen molar-refractivity contribution < 1.29 is 9.47 Å². The van der Waals surface area contributed by atoms with Gasteiger partial charge in [-0.1, -0.05) is 13.3 Å². The van der Waals surface area contributed by atoms with E-state index in [0.717, 1.165) is 44.5 Å². The van der Waals surface area contributed by atoms with Gasteiger partial charge in [0.15, 0.2) is 0 Å². The Balaban J connectivity index is 1.55. The number of hydrogen-bond donors (Lipinski definition) is 1. The quantitative estimate of drug-likeness (QED) is 0.833. The SMILES string of the molecule is CCCNC1CC2CCCC(C1)N2CC1COCCO1. The molecule has 3 saturated heterocycles. The van der Waals surface area contributed by atoms with Crippen LogP contribution in [0.5, 0.6) is 0 Å². The topological polar surface area (TPSA) is 33.7 Å². The molecule has 2 bridgehead atoms. The van der Waals surface area contributed by atoms with Crippen LogP contribution in [0.2, 0.25) is 0 Å². The lowest BCUT2D eigenvalue weighted by Gasteiger charge is -2.50. The van der Waals surface area contributed by atoms with Crippen molar-refractivity contribution >= 4 is 0 Å². The third kappa shape index (κ3) is 3.53. The fourth-order valence-corrected chi connectivity index (χ4v) is 4.17. The van der Waals surface area contributed by atoms with E-state index in [2.05, 4.69) is 17.1 Å². The lowest BCUT2D eigenvalue weighted by molar-refractivity contribution is -0.113. The van der Waals surface area contributed by atoms with E-state index in [1.165, 1.54) is 45.1 Å². The van der Waals surface area contributed by atoms with Crippen LogP contribution in [0.15, 0.2) is 0 Å². The third-order valence-corrected chi connectivity index (χ3v) is 5.11. The number of piperidine rings is 2. The molecule has 0 radical (unpaired) electrons. The molecule has 0 aliphatic carbocycles. The van der Waals surface area contributed by atoms with E-state index in [0.29, 0.717) is 6.10 Å². The molecule has 0 amide bonds. The zero-order valence-corrected chi connectivity index (χ0v) is 12.9. The molecule has 4 heteroatoms. The largest absolute Gasteiger partial charge is 0.376 e. The summed E-state index contributed by atoms with van der Waals surface area (Å²) >= 11 is 0. The van der Waals surface area contributed by atoms with Crippen molar-refractivity contribution in [1.29, 1.82) is 0 Å². The van der Waals surface area contributed by atoms with Crippen LogP contribution in [0.25, 0.3) is 0 Å². The number of nitrogens with zero attached hydrogens (tertiary/aromatic N) is 1. The van der Waals surface area contributed by atoms with Gasteiger partial charge in [-0.3, -0.25) is 4.90 Å². The smallest absolute Gasteiger partial charge is 0.0936 e. The molecule has 0 aromatic carbocycles. The number of nitrogens with one attached hydrogen (secondary N) is 1. The van der Waals surface area contributed by atoms with Gasteiger partial charge < -0.3 is 14.8 Å². The molecule has 3 fully saturated rings. The van der Waals surface area contributed by atoms with Crippen molar-refractivity contribution in [3.8, 4) is 0 Å². The molecule has 0 aromatic rings. The van der Waals surface area contributed by atoms with Crippen LogP contribution >= 0.6 is 0 Å². The van der Waals surface area contributed by atoms with Gasteiger partial charge in [0, 0.05) is 24.7 Å². The number of ether oxygens (including phenoxy) is 2. The van der Waals surface area contributed by atoms with Crippen LogP contribution in [0.3, 0.4) is 0 Å². The van der Waals surface area contributed by atoms with Crippen molar-refractivity contribution in [2.45, 2.75) is 69.7 Å². The van der Waals surface area contributed by atoms with Crippen LogP contribution in [0, 0.1) is 0 Å². The van der Waals surface area contributed by atoms with Crippen LogP contribution in [-0.2, 0) is 9.47 Å². The average molecular weight is 282 g/mol. The van der Waals surface area contributed by atoms with Crippen molar-refractivity contribution in [3.63, 3.8) is 0 Å². The molecule has 3 aliphatic heterocycles. The van der Waals surface area contributed by atoms with Gasteiger partial charge in [-0.05, 0) is 38.6 Å². The Hall–Kier alpha value is -0.160. The van der Waals surface area contributed by atoms with Crippen molar-refractivity contribution in [3.05, 3.63) is 0 Å². The van der Waals surface area contributed by atoms with E-state index in [-0.39, 0.29) is 0 Å². The summed E-state index contributed by atoms with van der Waals surface area (Å²) < 4.78 is 11.4. The van der Waals surface area contributed by atoms with Crippen LogP contribution in [-0.4, -0.2) is 62.0 Å². The average Bonchev–Trinajstić information content (AvgIpc) is 2.46. The van der Waals surface area contributed by atoms with Gasteiger partial charge in [0.2, 0.25) is 0 Å². The second kappa shape index (κ2) is 7.21. The Morgan fingerprint density at radius 3 is 2.60 bits per heavy atom. The Morgan fingerprint density at radius 1 is 1.15 bits per heavy atom. The Labute approximate surface area is 123 Å². The number of hydrogen-bond acceptors (Lipinski definition) is 4. The monoisotopic (exact) mass is 282 g/mol. The molecule has 4 nitrogen and oxygen atoms in total. The van der Waals surface area contributed by atoms with E-state index in [1.807, 2.05) is 0 Å². The summed E-state index contributed by atoms with van der Waals surface area (Å²) in [6.07, 6.45) is 8.33. The molecular weight excluding hydrogens is 252 g/mol. The van der Waals surface area contributed by atoms with Crippen molar-refractivity contribution in [1.82, 2.24) is 10.2 Å². The second-order valence-corrected chi connectivity index (χ2v) is 6.63. The normalized spacial score (nSPS) is 38.9. The molecule has 116 valence electrons. The first-order chi connectivity index (χ1) is 9.86. The summed E-state index contributed by atoms with van der Waals surface area (Å²) in [5.41, 5.74) is 0. The molecule has 3 atom stereocenters. The van der Waals surface area contributed by atoms with Crippen LogP contribution in [0.4, 0.5) is 0 Å². The highest BCUT2D eigenvalue weighted by atomic mass is 16.6. The number of fused-ring (bicyclic) bond motifs is 2. The van der Waals surface area contributed by atoms with E-state index >= 15 is 0 Å². The lowest BCUT2D eigenvalue weighted by atomic mass is 9.81. The molecule has 1 N–H and O–H groups in total. The molecule has 3 heterocycles. The Bertz CT molecular complexity index is 280. The van der Waals surface area contributed by atoms with Gasteiger partial charge in [-0.2, -0.15) is 0 Å². The predicted octanol–water partition coefficient (Wildman–Crippen LogP) is 1.79. The maximum atomic E-state index is 5.86. The predicted molar refractivity (Wildman–Crippen MR) is 80.0 cm³/mol. The molecule has 0 saturated carbocycles. The van der Waals surface area contributed by atoms with Crippen molar-refractivity contribution in [2.75, 3.05) is 32.9 Å². The molecule has 3 aliphatic rings. The zero-order chi connectivity index (χ0) is 13.8. The molecule has 20 heavy (non-hydrogen) atoms. The number of rotatable bonds is 5. The maximum absolute atomic E-state index is 5.86. The summed E-state index contributed by atoms with van der Waals surface area (Å²) in [4.78, 5) is 2.74. The fourth-order valence-electron chi connectivity index (χ4n) is 4.17. The minimum atomic E-state index is 0.298. The van der Waals surface area contributed by atoms with Crippen LogP contribution < -0.4 is 5.32 Å². The summed E-state index contributed by atoms with van der Waals surface area (Å²) in [6, 6.07) is 2.27. The van der Waals surface area contributed by atoms with Gasteiger partial charge in [0.25, 0.3) is 0 Å². The first-order valence-electron chi connectivity index (χ1n) is 8.55. The van der Waals surface area contributed by atoms with E-state index in [1.54, 1.807) is 0 Å². The van der Waals surface area contributed by atoms with E-state index in [4.69, 9.17) is 9.47 Å². The second-order valence-electron chi connectivity index (χ2n) is 6.63. The standard InChI is InChI=1S/C16H30N2O2/c1-2-6-17-13-9-14-4-3-5-15(10-13)18(14)11-16-12-19-7-8-20-16/h13-17H,2-12H2,1H3. The first kappa shape index (κ1) is 14.8. The zero-order valence-electron chi connectivity index (χ0n) is 12.9. The van der Waals surface area contributed by atoms with Gasteiger partial charge in [-0.25, -0.2) is 0 Å². The lowest BCUT2D eigenvalue weighted by Crippen LogP contribution is -2.58.